The Morgan fingerprint density at radius 2 is 0.615 bits per heavy atom. The smallest absolute Gasteiger partial charge is 0.330 e. The third-order valence-corrected chi connectivity index (χ3v) is 13.1. The molecule has 0 saturated carbocycles. The van der Waals surface area contributed by atoms with Crippen LogP contribution < -0.4 is 22.9 Å². The molecule has 0 spiro atoms. The third kappa shape index (κ3) is 32.3. The van der Waals surface area contributed by atoms with Crippen molar-refractivity contribution in [2.75, 3.05) is 104 Å². The summed E-state index contributed by atoms with van der Waals surface area (Å²) in [5.74, 6) is 0. The van der Waals surface area contributed by atoms with Gasteiger partial charge in [-0.3, -0.25) is 9.13 Å². The Labute approximate surface area is 321 Å². The van der Waals surface area contributed by atoms with Gasteiger partial charge in [0.25, 0.3) is 0 Å². The van der Waals surface area contributed by atoms with Crippen molar-refractivity contribution >= 4 is 15.2 Å². The van der Waals surface area contributed by atoms with Crippen molar-refractivity contribution in [2.45, 2.75) is 142 Å². The molecule has 0 aliphatic carbocycles. The Morgan fingerprint density at radius 3 is 0.865 bits per heavy atom. The van der Waals surface area contributed by atoms with Gasteiger partial charge in [-0.15, -0.1) is 0 Å². The maximum atomic E-state index is 13.8. The van der Waals surface area contributed by atoms with Gasteiger partial charge >= 0.3 is 15.2 Å². The summed E-state index contributed by atoms with van der Waals surface area (Å²) in [6, 6.07) is 0. The molecule has 0 aromatic heterocycles. The summed E-state index contributed by atoms with van der Waals surface area (Å²) in [5, 5.41) is 0. The topological polar surface area (TPSA) is 182 Å². The van der Waals surface area contributed by atoms with E-state index >= 15 is 0 Å². The van der Waals surface area contributed by atoms with Crippen LogP contribution in [0.3, 0.4) is 0 Å². The highest BCUT2D eigenvalue weighted by atomic mass is 31.2. The molecule has 0 heterocycles. The van der Waals surface area contributed by atoms with Gasteiger partial charge in [0.1, 0.15) is 0 Å². The second-order valence-corrected chi connectivity index (χ2v) is 18.6. The van der Waals surface area contributed by atoms with Crippen LogP contribution in [0.25, 0.3) is 0 Å². The zero-order valence-electron chi connectivity index (χ0n) is 34.0. The summed E-state index contributed by atoms with van der Waals surface area (Å²) in [6.45, 7) is 13.3. The fourth-order valence-corrected chi connectivity index (χ4v) is 9.28. The van der Waals surface area contributed by atoms with E-state index in [2.05, 4.69) is 23.6 Å². The normalized spacial score (nSPS) is 14.4. The number of nitrogens with zero attached hydrogens (tertiary/aromatic N) is 2. The third-order valence-electron chi connectivity index (χ3n) is 9.28. The lowest BCUT2D eigenvalue weighted by Gasteiger charge is -2.25. The fraction of sp³-hybridized carbons (Fsp3) is 1.00. The standard InChI is InChI=1S/C38H86N6O6P2/c1-3-5-7-9-11-15-33-47-51(45,37-31-43(27-19-23-39)28-20-24-40)49-35-17-13-14-18-36-50-52(46,48-34-16-12-10-8-6-4-2)38-32-44(29-21-25-41)30-22-26-42/h3-42H2,1-2H3. The van der Waals surface area contributed by atoms with Gasteiger partial charge in [0, 0.05) is 13.1 Å². The van der Waals surface area contributed by atoms with Gasteiger partial charge in [-0.05, 0) is 104 Å². The molecule has 0 aromatic carbocycles. The van der Waals surface area contributed by atoms with Gasteiger partial charge < -0.3 is 50.8 Å². The zero-order valence-corrected chi connectivity index (χ0v) is 35.8. The van der Waals surface area contributed by atoms with E-state index in [1.54, 1.807) is 0 Å². The van der Waals surface area contributed by atoms with Crippen LogP contribution in [0.1, 0.15) is 142 Å². The highest BCUT2D eigenvalue weighted by Crippen LogP contribution is 2.49. The second-order valence-electron chi connectivity index (χ2n) is 14.2. The molecule has 314 valence electrons. The Morgan fingerprint density at radius 1 is 0.365 bits per heavy atom. The molecule has 0 aliphatic heterocycles. The van der Waals surface area contributed by atoms with Crippen molar-refractivity contribution in [1.82, 2.24) is 9.80 Å². The molecule has 12 nitrogen and oxygen atoms in total. The lowest BCUT2D eigenvalue weighted by Crippen LogP contribution is -2.31. The molecule has 52 heavy (non-hydrogen) atoms. The van der Waals surface area contributed by atoms with Crippen LogP contribution >= 0.6 is 15.2 Å². The van der Waals surface area contributed by atoms with Crippen LogP contribution in [-0.2, 0) is 27.2 Å². The average molecular weight is 785 g/mol. The SMILES string of the molecule is CCCCCCCCOP(=O)(CCN(CCCN)CCCN)OCCCCCCOP(=O)(CCN(CCCN)CCCN)OCCCCCCCC. The number of hydrogen-bond acceptors (Lipinski definition) is 12. The van der Waals surface area contributed by atoms with Crippen LogP contribution in [-0.4, -0.2) is 114 Å². The van der Waals surface area contributed by atoms with Gasteiger partial charge in [-0.25, -0.2) is 0 Å². The molecule has 0 rings (SSSR count). The van der Waals surface area contributed by atoms with Crippen LogP contribution in [0.5, 0.6) is 0 Å². The molecular weight excluding hydrogens is 698 g/mol. The largest absolute Gasteiger partial charge is 0.331 e. The number of unbranched alkanes of at least 4 members (excludes halogenated alkanes) is 13. The minimum atomic E-state index is -3.24. The van der Waals surface area contributed by atoms with E-state index in [1.165, 1.54) is 51.4 Å². The lowest BCUT2D eigenvalue weighted by atomic mass is 10.1. The zero-order chi connectivity index (χ0) is 38.4. The Hall–Kier alpha value is 0.0600. The summed E-state index contributed by atoms with van der Waals surface area (Å²) in [6.07, 6.45) is 21.4. The highest BCUT2D eigenvalue weighted by Gasteiger charge is 2.27. The van der Waals surface area contributed by atoms with E-state index < -0.39 is 15.2 Å². The Balaban J connectivity index is 4.92. The first-order valence-electron chi connectivity index (χ1n) is 21.3. The monoisotopic (exact) mass is 785 g/mol. The first kappa shape index (κ1) is 52.1. The predicted octanol–water partition coefficient (Wildman–Crippen LogP) is 7.72. The minimum absolute atomic E-state index is 0.371. The number of rotatable bonds is 43. The van der Waals surface area contributed by atoms with Crippen LogP contribution in [0.2, 0.25) is 0 Å². The summed E-state index contributed by atoms with van der Waals surface area (Å²) in [5.41, 5.74) is 23.0. The Kier molecular flexibility index (Phi) is 38.0. The van der Waals surface area contributed by atoms with E-state index in [-0.39, 0.29) is 0 Å². The molecule has 0 aliphatic rings. The van der Waals surface area contributed by atoms with Crippen LogP contribution in [0.15, 0.2) is 0 Å². The fourth-order valence-electron chi connectivity index (χ4n) is 5.93. The van der Waals surface area contributed by atoms with Crippen molar-refractivity contribution in [3.8, 4) is 0 Å². The maximum absolute atomic E-state index is 13.8. The van der Waals surface area contributed by atoms with Crippen LogP contribution in [0, 0.1) is 0 Å². The summed E-state index contributed by atoms with van der Waals surface area (Å²) >= 11 is 0. The minimum Gasteiger partial charge on any atom is -0.330 e. The molecule has 2 unspecified atom stereocenters. The van der Waals surface area contributed by atoms with Gasteiger partial charge in [-0.2, -0.15) is 0 Å². The molecule has 0 bridgehead atoms. The number of hydrogen-bond donors (Lipinski definition) is 4. The van der Waals surface area contributed by atoms with Gasteiger partial charge in [0.2, 0.25) is 0 Å². The molecular formula is C38H86N6O6P2. The van der Waals surface area contributed by atoms with Crippen molar-refractivity contribution < 1.29 is 27.2 Å². The first-order valence-corrected chi connectivity index (χ1v) is 24.8. The summed E-state index contributed by atoms with van der Waals surface area (Å²) < 4.78 is 51.8. The average Bonchev–Trinajstić information content (AvgIpc) is 3.14. The van der Waals surface area contributed by atoms with E-state index in [1.807, 2.05) is 0 Å². The molecule has 0 aromatic rings. The molecule has 0 fully saturated rings. The Bertz CT molecular complexity index is 768. The maximum Gasteiger partial charge on any atom is 0.331 e. The predicted molar refractivity (Wildman–Crippen MR) is 222 cm³/mol. The van der Waals surface area contributed by atoms with Gasteiger partial charge in [0.15, 0.2) is 0 Å². The quantitative estimate of drug-likeness (QED) is 0.0350. The molecule has 8 N–H and O–H groups in total. The van der Waals surface area contributed by atoms with Gasteiger partial charge in [0.05, 0.1) is 38.8 Å². The molecule has 0 amide bonds. The lowest BCUT2D eigenvalue weighted by molar-refractivity contribution is 0.185. The van der Waals surface area contributed by atoms with Crippen molar-refractivity contribution in [2.24, 2.45) is 22.9 Å². The second kappa shape index (κ2) is 38.0. The van der Waals surface area contributed by atoms with Crippen molar-refractivity contribution in [3.05, 3.63) is 0 Å². The molecule has 14 heteroatoms. The highest BCUT2D eigenvalue weighted by molar-refractivity contribution is 7.54. The summed E-state index contributed by atoms with van der Waals surface area (Å²) in [4.78, 5) is 4.55. The van der Waals surface area contributed by atoms with Gasteiger partial charge in [-0.1, -0.05) is 90.9 Å². The molecule has 0 radical (unpaired) electrons. The molecule has 2 atom stereocenters. The van der Waals surface area contributed by atoms with E-state index in [0.29, 0.717) is 78.0 Å². The van der Waals surface area contributed by atoms with Crippen molar-refractivity contribution in [3.63, 3.8) is 0 Å². The summed E-state index contributed by atoms with van der Waals surface area (Å²) in [7, 11) is -6.47. The number of nitrogens with two attached hydrogens (primary N) is 4. The molecule has 0 saturated heterocycles. The van der Waals surface area contributed by atoms with E-state index in [0.717, 1.165) is 103 Å². The van der Waals surface area contributed by atoms with Crippen molar-refractivity contribution in [1.29, 1.82) is 0 Å². The van der Waals surface area contributed by atoms with Crippen LogP contribution in [0.4, 0.5) is 0 Å². The van der Waals surface area contributed by atoms with E-state index in [9.17, 15) is 9.13 Å². The van der Waals surface area contributed by atoms with E-state index in [4.69, 9.17) is 41.0 Å². The first-order chi connectivity index (χ1) is 25.3.